The number of anilines is 1. The van der Waals surface area contributed by atoms with Gasteiger partial charge in [0, 0.05) is 37.1 Å². The fourth-order valence-electron chi connectivity index (χ4n) is 3.68. The monoisotopic (exact) mass is 262 g/mol. The van der Waals surface area contributed by atoms with E-state index in [1.54, 1.807) is 0 Å². The van der Waals surface area contributed by atoms with E-state index in [4.69, 9.17) is 5.73 Å². The van der Waals surface area contributed by atoms with E-state index in [2.05, 4.69) is 27.6 Å². The summed E-state index contributed by atoms with van der Waals surface area (Å²) in [6, 6.07) is 1.53. The van der Waals surface area contributed by atoms with Crippen LogP contribution in [0.5, 0.6) is 0 Å². The zero-order valence-corrected chi connectivity index (χ0v) is 12.0. The van der Waals surface area contributed by atoms with Crippen LogP contribution in [0.3, 0.4) is 0 Å². The summed E-state index contributed by atoms with van der Waals surface area (Å²) in [4.78, 5) is 7.09. The Morgan fingerprint density at radius 2 is 2.00 bits per heavy atom. The molecule has 1 saturated heterocycles. The summed E-state index contributed by atoms with van der Waals surface area (Å²) < 4.78 is 2.42. The van der Waals surface area contributed by atoms with Crippen LogP contribution in [0.15, 0.2) is 12.4 Å². The lowest BCUT2D eigenvalue weighted by Crippen LogP contribution is -2.46. The molecule has 1 aliphatic carbocycles. The van der Waals surface area contributed by atoms with Crippen LogP contribution in [0.1, 0.15) is 57.9 Å². The van der Waals surface area contributed by atoms with Gasteiger partial charge in [0.05, 0.1) is 0 Å². The van der Waals surface area contributed by atoms with Crippen LogP contribution in [-0.4, -0.2) is 28.2 Å². The third-order valence-electron chi connectivity index (χ3n) is 4.79. The highest BCUT2D eigenvalue weighted by atomic mass is 15.3. The molecule has 106 valence electrons. The molecule has 0 radical (unpaired) electrons. The molecule has 2 heterocycles. The van der Waals surface area contributed by atoms with Crippen molar-refractivity contribution < 1.29 is 0 Å². The van der Waals surface area contributed by atoms with E-state index in [0.717, 1.165) is 19.4 Å². The van der Waals surface area contributed by atoms with E-state index in [0.29, 0.717) is 18.1 Å². The summed E-state index contributed by atoms with van der Waals surface area (Å²) >= 11 is 0. The Bertz CT molecular complexity index is 408. The number of nitrogens with zero attached hydrogens (tertiary/aromatic N) is 3. The zero-order chi connectivity index (χ0) is 13.2. The maximum Gasteiger partial charge on any atom is 0.205 e. The van der Waals surface area contributed by atoms with Crippen molar-refractivity contribution in [1.82, 2.24) is 9.55 Å². The van der Waals surface area contributed by atoms with Crippen LogP contribution in [0.25, 0.3) is 0 Å². The second kappa shape index (κ2) is 5.53. The molecule has 0 aromatic carbocycles. The molecule has 2 N–H and O–H groups in total. The quantitative estimate of drug-likeness (QED) is 0.891. The van der Waals surface area contributed by atoms with E-state index in [9.17, 15) is 0 Å². The molecular weight excluding hydrogens is 236 g/mol. The molecule has 4 nitrogen and oxygen atoms in total. The number of nitrogens with two attached hydrogens (primary N) is 1. The first-order valence-electron chi connectivity index (χ1n) is 7.81. The minimum Gasteiger partial charge on any atom is -0.339 e. The first-order valence-corrected chi connectivity index (χ1v) is 7.81. The van der Waals surface area contributed by atoms with Crippen molar-refractivity contribution in [1.29, 1.82) is 0 Å². The Hall–Kier alpha value is -1.03. The predicted molar refractivity (Wildman–Crippen MR) is 78.4 cm³/mol. The smallest absolute Gasteiger partial charge is 0.205 e. The summed E-state index contributed by atoms with van der Waals surface area (Å²) in [6.45, 7) is 3.32. The first-order chi connectivity index (χ1) is 9.25. The third-order valence-corrected chi connectivity index (χ3v) is 4.79. The molecule has 1 saturated carbocycles. The summed E-state index contributed by atoms with van der Waals surface area (Å²) in [6.07, 6.45) is 13.0. The molecule has 0 amide bonds. The Balaban J connectivity index is 1.79. The molecule has 4 heteroatoms. The molecule has 0 bridgehead atoms. The lowest BCUT2D eigenvalue weighted by Gasteiger charge is -2.38. The van der Waals surface area contributed by atoms with Crippen molar-refractivity contribution in [2.24, 2.45) is 5.73 Å². The van der Waals surface area contributed by atoms with Gasteiger partial charge >= 0.3 is 0 Å². The number of imidazole rings is 1. The van der Waals surface area contributed by atoms with Crippen molar-refractivity contribution in [3.8, 4) is 0 Å². The van der Waals surface area contributed by atoms with Crippen molar-refractivity contribution in [3.05, 3.63) is 12.4 Å². The first kappa shape index (κ1) is 13.0. The molecule has 0 spiro atoms. The highest BCUT2D eigenvalue weighted by molar-refractivity contribution is 5.34. The summed E-state index contributed by atoms with van der Waals surface area (Å²) in [5, 5.41) is 0. The van der Waals surface area contributed by atoms with Crippen LogP contribution in [0.2, 0.25) is 0 Å². The van der Waals surface area contributed by atoms with Gasteiger partial charge in [-0.15, -0.1) is 0 Å². The second-order valence-electron chi connectivity index (χ2n) is 6.25. The number of hydrogen-bond donors (Lipinski definition) is 1. The van der Waals surface area contributed by atoms with Crippen LogP contribution >= 0.6 is 0 Å². The molecule has 1 aromatic heterocycles. The lowest BCUT2D eigenvalue weighted by atomic mass is 9.95. The van der Waals surface area contributed by atoms with Crippen molar-refractivity contribution in [2.45, 2.75) is 70.0 Å². The lowest BCUT2D eigenvalue weighted by molar-refractivity contribution is 0.345. The fourth-order valence-corrected chi connectivity index (χ4v) is 3.68. The van der Waals surface area contributed by atoms with Crippen LogP contribution in [0.4, 0.5) is 5.95 Å². The van der Waals surface area contributed by atoms with Gasteiger partial charge in [-0.25, -0.2) is 4.98 Å². The highest BCUT2D eigenvalue weighted by Crippen LogP contribution is 2.32. The van der Waals surface area contributed by atoms with Gasteiger partial charge in [-0.2, -0.15) is 0 Å². The molecule has 2 atom stereocenters. The van der Waals surface area contributed by atoms with E-state index < -0.39 is 0 Å². The number of aromatic nitrogens is 2. The molecule has 2 unspecified atom stereocenters. The third kappa shape index (κ3) is 2.64. The van der Waals surface area contributed by atoms with Gasteiger partial charge in [0.1, 0.15) is 0 Å². The van der Waals surface area contributed by atoms with Crippen LogP contribution in [0, 0.1) is 0 Å². The summed E-state index contributed by atoms with van der Waals surface area (Å²) in [5.74, 6) is 1.17. The molecule has 1 aliphatic heterocycles. The van der Waals surface area contributed by atoms with E-state index in [1.807, 2.05) is 6.20 Å². The molecule has 2 fully saturated rings. The SMILES string of the molecule is CC1CC(N)CCN1c1nccn1C1CCCCC1. The zero-order valence-electron chi connectivity index (χ0n) is 12.0. The Morgan fingerprint density at radius 1 is 1.21 bits per heavy atom. The normalized spacial score (nSPS) is 29.7. The second-order valence-corrected chi connectivity index (χ2v) is 6.25. The van der Waals surface area contributed by atoms with Gasteiger partial charge in [0.2, 0.25) is 5.95 Å². The fraction of sp³-hybridized carbons (Fsp3) is 0.800. The van der Waals surface area contributed by atoms with Crippen LogP contribution in [-0.2, 0) is 0 Å². The van der Waals surface area contributed by atoms with Crippen molar-refractivity contribution >= 4 is 5.95 Å². The number of piperidine rings is 1. The van der Waals surface area contributed by atoms with Crippen LogP contribution < -0.4 is 10.6 Å². The predicted octanol–water partition coefficient (Wildman–Crippen LogP) is 2.70. The number of hydrogen-bond acceptors (Lipinski definition) is 3. The van der Waals surface area contributed by atoms with Gasteiger partial charge in [-0.05, 0) is 32.6 Å². The summed E-state index contributed by atoms with van der Waals surface area (Å²) in [5.41, 5.74) is 6.07. The van der Waals surface area contributed by atoms with E-state index in [-0.39, 0.29) is 0 Å². The molecular formula is C15H26N4. The van der Waals surface area contributed by atoms with Crippen molar-refractivity contribution in [2.75, 3.05) is 11.4 Å². The average Bonchev–Trinajstić information content (AvgIpc) is 2.89. The summed E-state index contributed by atoms with van der Waals surface area (Å²) in [7, 11) is 0. The largest absolute Gasteiger partial charge is 0.339 e. The van der Waals surface area contributed by atoms with E-state index >= 15 is 0 Å². The topological polar surface area (TPSA) is 47.1 Å². The molecule has 1 aromatic rings. The molecule has 19 heavy (non-hydrogen) atoms. The van der Waals surface area contributed by atoms with Gasteiger partial charge in [0.25, 0.3) is 0 Å². The maximum absolute atomic E-state index is 6.07. The highest BCUT2D eigenvalue weighted by Gasteiger charge is 2.28. The Kier molecular flexibility index (Phi) is 3.78. The van der Waals surface area contributed by atoms with Gasteiger partial charge in [-0.1, -0.05) is 19.3 Å². The Labute approximate surface area is 116 Å². The minimum absolute atomic E-state index is 0.365. The standard InChI is InChI=1S/C15H26N4/c1-12-11-13(16)7-9-18(12)15-17-8-10-19(15)14-5-3-2-4-6-14/h8,10,12-14H,2-7,9,11,16H2,1H3. The van der Waals surface area contributed by atoms with Gasteiger partial charge < -0.3 is 15.2 Å². The van der Waals surface area contributed by atoms with Gasteiger partial charge in [0.15, 0.2) is 0 Å². The maximum atomic E-state index is 6.07. The molecule has 2 aliphatic rings. The number of rotatable bonds is 2. The average molecular weight is 262 g/mol. The van der Waals surface area contributed by atoms with Gasteiger partial charge in [-0.3, -0.25) is 0 Å². The van der Waals surface area contributed by atoms with Crippen molar-refractivity contribution in [3.63, 3.8) is 0 Å². The Morgan fingerprint density at radius 3 is 2.74 bits per heavy atom. The minimum atomic E-state index is 0.365. The van der Waals surface area contributed by atoms with E-state index in [1.165, 1.54) is 38.1 Å². The molecule has 3 rings (SSSR count).